The minimum absolute atomic E-state index is 0.0578. The van der Waals surface area contributed by atoms with Crippen LogP contribution in [0.1, 0.15) is 56.1 Å². The number of aliphatic hydroxyl groups is 3. The number of aliphatic hydroxyl groups excluding tert-OH is 3. The van der Waals surface area contributed by atoms with E-state index in [-0.39, 0.29) is 36.4 Å². The molecule has 2 aliphatic carbocycles. The van der Waals surface area contributed by atoms with Crippen LogP contribution >= 0.6 is 22.6 Å². The van der Waals surface area contributed by atoms with E-state index in [1.54, 1.807) is 19.2 Å². The van der Waals surface area contributed by atoms with Gasteiger partial charge in [0.2, 0.25) is 10.9 Å². The second-order valence-corrected chi connectivity index (χ2v) is 19.4. The van der Waals surface area contributed by atoms with E-state index in [1.165, 1.54) is 58.7 Å². The van der Waals surface area contributed by atoms with Gasteiger partial charge in [-0.2, -0.15) is 0 Å². The Morgan fingerprint density at radius 2 is 1.13 bits per heavy atom. The Morgan fingerprint density at radius 1 is 0.557 bits per heavy atom. The molecule has 0 saturated heterocycles. The summed E-state index contributed by atoms with van der Waals surface area (Å²) < 4.78 is 20.7. The number of halogens is 1. The molecule has 12 nitrogen and oxygen atoms in total. The second kappa shape index (κ2) is 19.7. The molecule has 0 spiro atoms. The SMILES string of the molecule is COc1cc2c(cc1O)C[C@H]1c3ccc(CO)cc3CCN1C2.COc1cc2cn3c(cc-2c(I)c1=O)-c1ccc(CO)cc1CC3.COc1cc2cn3c(cc-2cc1=O)-c1ccc(CO)cc1CC3. The zero-order valence-corrected chi connectivity index (χ0v) is 41.5. The number of phenolic OH excluding ortho intramolecular Hbond substituents is 1. The van der Waals surface area contributed by atoms with Crippen LogP contribution in [0, 0.1) is 3.57 Å². The summed E-state index contributed by atoms with van der Waals surface area (Å²) in [6.07, 6.45) is 7.96. The molecule has 0 aromatic heterocycles. The second-order valence-electron chi connectivity index (χ2n) is 18.3. The molecule has 4 aromatic rings. The van der Waals surface area contributed by atoms with E-state index < -0.39 is 0 Å². The quantitative estimate of drug-likeness (QED) is 0.119. The molecular formula is C57H54IN3O9. The Kier molecular flexibility index (Phi) is 13.3. The predicted molar refractivity (Wildman–Crippen MR) is 278 cm³/mol. The molecule has 0 bridgehead atoms. The van der Waals surface area contributed by atoms with E-state index in [4.69, 9.17) is 14.2 Å². The number of aryl methyl sites for hydroxylation is 4. The zero-order valence-electron chi connectivity index (χ0n) is 39.3. The van der Waals surface area contributed by atoms with Crippen molar-refractivity contribution in [1.29, 1.82) is 0 Å². The lowest BCUT2D eigenvalue weighted by molar-refractivity contribution is 0.160. The Bertz CT molecular complexity index is 3360. The summed E-state index contributed by atoms with van der Waals surface area (Å²) in [7, 11) is 4.63. The maximum atomic E-state index is 12.3. The van der Waals surface area contributed by atoms with Crippen LogP contribution in [0.2, 0.25) is 0 Å². The predicted octanol–water partition coefficient (Wildman–Crippen LogP) is 8.51. The van der Waals surface area contributed by atoms with Gasteiger partial charge in [0.15, 0.2) is 23.0 Å². The van der Waals surface area contributed by atoms with Crippen LogP contribution in [-0.2, 0) is 65.1 Å². The largest absolute Gasteiger partial charge is 0.504 e. The van der Waals surface area contributed by atoms with E-state index in [0.29, 0.717) is 26.9 Å². The molecule has 358 valence electrons. The first-order valence-corrected chi connectivity index (χ1v) is 24.5. The molecule has 6 aliphatic heterocycles. The standard InChI is InChI=1S/C19H16INO3.C19H21NO3.C19H17NO3/c1-24-17-7-13-9-21-5-4-12-6-11(10-22)2-3-14(12)16(21)8-15(13)18(20)19(17)23;2*1-23-19-9-15-10-20-5-4-13-6-12(11-21)2-3-16(13)17(20)7-14(15)8-18(19)22/h2-3,6-9,22H,4-5,10H2,1H3;2-3,6,8-9,17,21-22H,4-5,7,10-11H2,1H3;2-3,6-10,21H,4-5,11H2,1H3/t;17-;/m.0./s1. The third-order valence-corrected chi connectivity index (χ3v) is 15.3. The topological polar surface area (TPSA) is 156 Å². The van der Waals surface area contributed by atoms with Crippen molar-refractivity contribution in [3.05, 3.63) is 184 Å². The van der Waals surface area contributed by atoms with E-state index in [1.807, 2.05) is 36.4 Å². The highest BCUT2D eigenvalue weighted by atomic mass is 127. The molecule has 1 atom stereocenters. The number of hydrogen-bond donors (Lipinski definition) is 4. The van der Waals surface area contributed by atoms with E-state index >= 15 is 0 Å². The summed E-state index contributed by atoms with van der Waals surface area (Å²) in [4.78, 5) is 26.8. The number of hydrogen-bond acceptors (Lipinski definition) is 10. The van der Waals surface area contributed by atoms with Crippen LogP contribution in [0.4, 0.5) is 0 Å². The molecule has 0 saturated carbocycles. The first-order chi connectivity index (χ1) is 34.0. The van der Waals surface area contributed by atoms with Gasteiger partial charge in [0, 0.05) is 83.8 Å². The fourth-order valence-corrected chi connectivity index (χ4v) is 11.3. The van der Waals surface area contributed by atoms with Crippen molar-refractivity contribution in [2.24, 2.45) is 0 Å². The van der Waals surface area contributed by atoms with E-state index in [2.05, 4.69) is 97.5 Å². The Labute approximate surface area is 419 Å². The molecule has 0 amide bonds. The Hall–Kier alpha value is -6.49. The number of pyridine rings is 2. The van der Waals surface area contributed by atoms with Gasteiger partial charge in [-0.05, 0) is 146 Å². The normalized spacial score (nSPS) is 15.0. The van der Waals surface area contributed by atoms with Gasteiger partial charge in [0.1, 0.15) is 0 Å². The van der Waals surface area contributed by atoms with Crippen molar-refractivity contribution in [2.75, 3.05) is 27.9 Å². The van der Waals surface area contributed by atoms with Gasteiger partial charge in [-0.15, -0.1) is 0 Å². The molecule has 0 fully saturated rings. The van der Waals surface area contributed by atoms with E-state index in [0.717, 1.165) is 102 Å². The lowest BCUT2D eigenvalue weighted by atomic mass is 9.83. The van der Waals surface area contributed by atoms with Gasteiger partial charge in [-0.3, -0.25) is 14.5 Å². The monoisotopic (exact) mass is 1050 g/mol. The number of rotatable bonds is 6. The Balaban J connectivity index is 0.000000122. The molecule has 4 aromatic carbocycles. The highest BCUT2D eigenvalue weighted by molar-refractivity contribution is 14.1. The number of aromatic nitrogens is 2. The number of benzene rings is 6. The van der Waals surface area contributed by atoms with Crippen molar-refractivity contribution in [3.8, 4) is 67.8 Å². The number of methoxy groups -OCH3 is 3. The fourth-order valence-electron chi connectivity index (χ4n) is 10.6. The minimum atomic E-state index is -0.100. The summed E-state index contributed by atoms with van der Waals surface area (Å²) >= 11 is 2.10. The van der Waals surface area contributed by atoms with Crippen molar-refractivity contribution >= 4 is 22.6 Å². The maximum Gasteiger partial charge on any atom is 0.234 e. The summed E-state index contributed by atoms with van der Waals surface area (Å²) in [5.41, 5.74) is 18.7. The third kappa shape index (κ3) is 8.85. The highest BCUT2D eigenvalue weighted by Gasteiger charge is 2.33. The molecule has 12 rings (SSSR count). The summed E-state index contributed by atoms with van der Waals surface area (Å²) in [6.45, 7) is 3.89. The van der Waals surface area contributed by atoms with Gasteiger partial charge in [-0.25, -0.2) is 0 Å². The molecular weight excluding hydrogens is 998 g/mol. The fraction of sp³-hybridized carbons (Fsp3) is 0.263. The van der Waals surface area contributed by atoms with Crippen LogP contribution < -0.4 is 25.1 Å². The number of nitrogens with zero attached hydrogens (tertiary/aromatic N) is 3. The summed E-state index contributed by atoms with van der Waals surface area (Å²) in [5, 5.41) is 38.0. The first-order valence-electron chi connectivity index (χ1n) is 23.5. The number of phenols is 1. The van der Waals surface area contributed by atoms with Crippen molar-refractivity contribution in [2.45, 2.75) is 71.2 Å². The molecule has 8 aliphatic rings. The van der Waals surface area contributed by atoms with Gasteiger partial charge in [0.25, 0.3) is 0 Å². The summed E-state index contributed by atoms with van der Waals surface area (Å²) in [6, 6.07) is 32.0. The van der Waals surface area contributed by atoms with Crippen LogP contribution in [-0.4, -0.2) is 62.3 Å². The number of ether oxygens (including phenoxy) is 3. The summed E-state index contributed by atoms with van der Waals surface area (Å²) in [5.74, 6) is 1.52. The van der Waals surface area contributed by atoms with Crippen molar-refractivity contribution in [1.82, 2.24) is 14.0 Å². The van der Waals surface area contributed by atoms with Crippen molar-refractivity contribution in [3.63, 3.8) is 0 Å². The molecule has 6 heterocycles. The number of aromatic hydroxyl groups is 1. The molecule has 0 unspecified atom stereocenters. The Morgan fingerprint density at radius 3 is 1.76 bits per heavy atom. The average Bonchev–Trinajstić information content (AvgIpc) is 3.39. The molecule has 13 heteroatoms. The van der Waals surface area contributed by atoms with Gasteiger partial charge in [-0.1, -0.05) is 54.6 Å². The van der Waals surface area contributed by atoms with Gasteiger partial charge in [0.05, 0.1) is 44.7 Å². The highest BCUT2D eigenvalue weighted by Crippen LogP contribution is 2.42. The van der Waals surface area contributed by atoms with Gasteiger partial charge >= 0.3 is 0 Å². The molecule has 0 radical (unpaired) electrons. The first kappa shape index (κ1) is 47.2. The maximum absolute atomic E-state index is 12.3. The zero-order chi connectivity index (χ0) is 48.8. The van der Waals surface area contributed by atoms with Crippen LogP contribution in [0.5, 0.6) is 23.0 Å². The van der Waals surface area contributed by atoms with Crippen LogP contribution in [0.25, 0.3) is 44.8 Å². The third-order valence-electron chi connectivity index (χ3n) is 14.3. The molecule has 4 N–H and O–H groups in total. The lowest BCUT2D eigenvalue weighted by Gasteiger charge is -2.41. The van der Waals surface area contributed by atoms with Crippen LogP contribution in [0.15, 0.2) is 119 Å². The van der Waals surface area contributed by atoms with Gasteiger partial charge < -0.3 is 43.8 Å². The molecule has 70 heavy (non-hydrogen) atoms. The van der Waals surface area contributed by atoms with E-state index in [9.17, 15) is 30.0 Å². The van der Waals surface area contributed by atoms with Crippen molar-refractivity contribution < 1.29 is 34.6 Å². The smallest absolute Gasteiger partial charge is 0.234 e. The van der Waals surface area contributed by atoms with Crippen LogP contribution in [0.3, 0.4) is 0 Å². The minimum Gasteiger partial charge on any atom is -0.504 e. The average molecular weight is 1050 g/mol. The lowest BCUT2D eigenvalue weighted by Crippen LogP contribution is -2.39. The number of fused-ring (bicyclic) bond motifs is 12.